The van der Waals surface area contributed by atoms with Crippen LogP contribution in [-0.4, -0.2) is 10.3 Å². The molecule has 0 spiro atoms. The summed E-state index contributed by atoms with van der Waals surface area (Å²) in [5.74, 6) is 3.74. The Morgan fingerprint density at radius 1 is 0.875 bits per heavy atom. The summed E-state index contributed by atoms with van der Waals surface area (Å²) < 4.78 is 0. The fraction of sp³-hybridized carbons (Fsp3) is 0.600. The zero-order valence-electron chi connectivity index (χ0n) is 11.3. The molecule has 0 radical (unpaired) electrons. The Kier molecular flexibility index (Phi) is 4.03. The van der Waals surface area contributed by atoms with Crippen molar-refractivity contribution in [1.82, 2.24) is 0 Å². The first kappa shape index (κ1) is 13.5. The first-order chi connectivity index (χ1) is 7.21. The summed E-state index contributed by atoms with van der Waals surface area (Å²) in [5.41, 5.74) is 3.55. The average molecular weight is 234 g/mol. The quantitative estimate of drug-likeness (QED) is 0.418. The summed E-state index contributed by atoms with van der Waals surface area (Å²) in [7, 11) is -0.288. The molecular formula is C15H23P. The van der Waals surface area contributed by atoms with Gasteiger partial charge in [0.1, 0.15) is 0 Å². The molecular weight excluding hydrogens is 211 g/mol. The molecule has 0 amide bonds. The molecule has 0 aromatic rings. The third-order valence-electron chi connectivity index (χ3n) is 2.43. The first-order valence-corrected chi connectivity index (χ1v) is 7.22. The lowest BCUT2D eigenvalue weighted by Gasteiger charge is -2.37. The van der Waals surface area contributed by atoms with E-state index in [-0.39, 0.29) is 7.92 Å². The van der Waals surface area contributed by atoms with Gasteiger partial charge in [0.2, 0.25) is 0 Å². The molecule has 1 heteroatoms. The lowest BCUT2D eigenvalue weighted by Crippen LogP contribution is -2.23. The maximum atomic E-state index is 3.55. The van der Waals surface area contributed by atoms with Crippen LogP contribution in [0.2, 0.25) is 0 Å². The molecule has 0 aliphatic heterocycles. The van der Waals surface area contributed by atoms with Crippen LogP contribution < -0.4 is 0 Å². The highest BCUT2D eigenvalue weighted by atomic mass is 31.1. The van der Waals surface area contributed by atoms with Crippen LogP contribution in [0.1, 0.15) is 41.5 Å². The molecule has 0 unspecified atom stereocenters. The van der Waals surface area contributed by atoms with Gasteiger partial charge in [-0.3, -0.25) is 0 Å². The fourth-order valence-corrected chi connectivity index (χ4v) is 4.97. The second kappa shape index (κ2) is 4.77. The van der Waals surface area contributed by atoms with Crippen molar-refractivity contribution in [1.29, 1.82) is 0 Å². The van der Waals surface area contributed by atoms with Gasteiger partial charge in [0.25, 0.3) is 0 Å². The van der Waals surface area contributed by atoms with E-state index in [0.717, 1.165) is 0 Å². The Labute approximate surface area is 102 Å². The predicted octanol–water partition coefficient (Wildman–Crippen LogP) is 4.77. The smallest absolute Gasteiger partial charge is 0.0572 e. The van der Waals surface area contributed by atoms with E-state index in [9.17, 15) is 0 Å². The van der Waals surface area contributed by atoms with Gasteiger partial charge in [-0.05, 0) is 18.2 Å². The minimum absolute atomic E-state index is 0.288. The van der Waals surface area contributed by atoms with E-state index in [4.69, 9.17) is 0 Å². The minimum Gasteiger partial charge on any atom is -0.0868 e. The molecule has 0 heterocycles. The number of hydrogen-bond donors (Lipinski definition) is 0. The number of allylic oxidation sites excluding steroid dienone is 4. The molecule has 0 saturated heterocycles. The molecule has 0 nitrogen and oxygen atoms in total. The van der Waals surface area contributed by atoms with Gasteiger partial charge in [0.05, 0.1) is 5.92 Å². The molecule has 1 rings (SSSR count). The van der Waals surface area contributed by atoms with Crippen LogP contribution in [0, 0.1) is 17.5 Å². The van der Waals surface area contributed by atoms with E-state index in [1.54, 1.807) is 0 Å². The summed E-state index contributed by atoms with van der Waals surface area (Å²) in [6, 6.07) is 0. The van der Waals surface area contributed by atoms with Crippen molar-refractivity contribution in [3.63, 3.8) is 0 Å². The van der Waals surface area contributed by atoms with Crippen LogP contribution in [0.15, 0.2) is 24.3 Å². The van der Waals surface area contributed by atoms with Gasteiger partial charge in [-0.25, -0.2) is 0 Å². The zero-order valence-corrected chi connectivity index (χ0v) is 12.2. The monoisotopic (exact) mass is 234 g/mol. The van der Waals surface area contributed by atoms with Crippen molar-refractivity contribution in [2.75, 3.05) is 0 Å². The molecule has 0 atom stereocenters. The zero-order chi connectivity index (χ0) is 12.4. The summed E-state index contributed by atoms with van der Waals surface area (Å²) in [5, 5.41) is 0.596. The molecule has 0 aromatic heterocycles. The lowest BCUT2D eigenvalue weighted by atomic mass is 10.2. The van der Waals surface area contributed by atoms with Gasteiger partial charge >= 0.3 is 0 Å². The lowest BCUT2D eigenvalue weighted by molar-refractivity contribution is 0.715. The maximum Gasteiger partial charge on any atom is 0.0572 e. The van der Waals surface area contributed by atoms with E-state index >= 15 is 0 Å². The third kappa shape index (κ3) is 3.80. The third-order valence-corrected chi connectivity index (χ3v) is 5.47. The summed E-state index contributed by atoms with van der Waals surface area (Å²) in [6.07, 6.45) is 8.48. The minimum atomic E-state index is -0.288. The maximum absolute atomic E-state index is 3.55. The Balaban J connectivity index is 2.87. The Bertz CT molecular complexity index is 324. The van der Waals surface area contributed by atoms with Crippen LogP contribution >= 0.6 is 7.92 Å². The molecule has 1 aliphatic rings. The summed E-state index contributed by atoms with van der Waals surface area (Å²) in [6.45, 7) is 13.8. The topological polar surface area (TPSA) is 0 Å². The van der Waals surface area contributed by atoms with Crippen LogP contribution in [0.4, 0.5) is 0 Å². The van der Waals surface area contributed by atoms with Crippen LogP contribution in [0.3, 0.4) is 0 Å². The van der Waals surface area contributed by atoms with E-state index in [1.807, 2.05) is 0 Å². The second-order valence-corrected chi connectivity index (χ2v) is 9.81. The normalized spacial score (nSPS) is 16.7. The predicted molar refractivity (Wildman–Crippen MR) is 76.0 cm³/mol. The van der Waals surface area contributed by atoms with Crippen molar-refractivity contribution >= 4 is 7.92 Å². The van der Waals surface area contributed by atoms with Crippen molar-refractivity contribution in [2.45, 2.75) is 51.9 Å². The highest BCUT2D eigenvalue weighted by Crippen LogP contribution is 2.58. The summed E-state index contributed by atoms with van der Waals surface area (Å²) >= 11 is 0. The SMILES string of the molecule is CC(C)(C)P(C#CC1C=CC=C1)C(C)(C)C. The van der Waals surface area contributed by atoms with E-state index in [1.165, 1.54) is 0 Å². The molecule has 0 saturated carbocycles. The summed E-state index contributed by atoms with van der Waals surface area (Å²) in [4.78, 5) is 0. The van der Waals surface area contributed by atoms with Crippen molar-refractivity contribution < 1.29 is 0 Å². The molecule has 16 heavy (non-hydrogen) atoms. The van der Waals surface area contributed by atoms with Crippen LogP contribution in [-0.2, 0) is 0 Å². The highest BCUT2D eigenvalue weighted by Gasteiger charge is 2.33. The van der Waals surface area contributed by atoms with E-state index in [0.29, 0.717) is 16.2 Å². The van der Waals surface area contributed by atoms with Crippen molar-refractivity contribution in [3.8, 4) is 11.6 Å². The first-order valence-electron chi connectivity index (χ1n) is 5.88. The molecule has 88 valence electrons. The van der Waals surface area contributed by atoms with Gasteiger partial charge < -0.3 is 0 Å². The second-order valence-electron chi connectivity index (χ2n) is 6.23. The highest BCUT2D eigenvalue weighted by molar-refractivity contribution is 7.65. The molecule has 0 bridgehead atoms. The van der Waals surface area contributed by atoms with Crippen molar-refractivity contribution in [2.24, 2.45) is 5.92 Å². The van der Waals surface area contributed by atoms with Gasteiger partial charge in [-0.2, -0.15) is 0 Å². The Morgan fingerprint density at radius 2 is 1.31 bits per heavy atom. The van der Waals surface area contributed by atoms with Gasteiger partial charge in [0.15, 0.2) is 0 Å². The molecule has 0 fully saturated rings. The van der Waals surface area contributed by atoms with E-state index < -0.39 is 0 Å². The standard InChI is InChI=1S/C15H23P/c1-14(2,3)16(15(4,5)6)12-11-13-9-7-8-10-13/h7-10,13H,1-6H3. The van der Waals surface area contributed by atoms with Crippen molar-refractivity contribution in [3.05, 3.63) is 24.3 Å². The van der Waals surface area contributed by atoms with Gasteiger partial charge in [-0.1, -0.05) is 77.4 Å². The molecule has 0 aromatic carbocycles. The largest absolute Gasteiger partial charge is 0.0868 e. The molecule has 1 aliphatic carbocycles. The molecule has 0 N–H and O–H groups in total. The van der Waals surface area contributed by atoms with Gasteiger partial charge in [0, 0.05) is 0 Å². The fourth-order valence-electron chi connectivity index (χ4n) is 2.01. The van der Waals surface area contributed by atoms with Gasteiger partial charge in [-0.15, -0.1) is 0 Å². The average Bonchev–Trinajstić information content (AvgIpc) is 2.51. The van der Waals surface area contributed by atoms with Crippen LogP contribution in [0.25, 0.3) is 0 Å². The van der Waals surface area contributed by atoms with Crippen LogP contribution in [0.5, 0.6) is 0 Å². The Morgan fingerprint density at radius 3 is 1.69 bits per heavy atom. The number of hydrogen-bond acceptors (Lipinski definition) is 0. The Hall–Kier alpha value is -0.530. The number of rotatable bonds is 0. The van der Waals surface area contributed by atoms with E-state index in [2.05, 4.69) is 77.4 Å².